The molecule has 1 aromatic heterocycles. The van der Waals surface area contributed by atoms with Crippen molar-refractivity contribution in [3.63, 3.8) is 0 Å². The van der Waals surface area contributed by atoms with Crippen molar-refractivity contribution in [1.82, 2.24) is 4.98 Å². The number of amides is 1. The molecule has 1 atom stereocenters. The zero-order valence-corrected chi connectivity index (χ0v) is 23.0. The van der Waals surface area contributed by atoms with Gasteiger partial charge in [-0.3, -0.25) is 14.5 Å². The van der Waals surface area contributed by atoms with Crippen LogP contribution in [0.25, 0.3) is 16.0 Å². The minimum absolute atomic E-state index is 0.104. The molecule has 1 amide bonds. The SMILES string of the molecule is CCCCOc1cccc(C(O)=C2C(=O)C(=O)N(c3nc4ccc(OC)cc4s3)C2c2ccc(O)c(OC)c2)c1. The number of rotatable bonds is 9. The Hall–Kier alpha value is -4.57. The number of ether oxygens (including phenoxy) is 3. The van der Waals surface area contributed by atoms with E-state index in [1.165, 1.54) is 35.5 Å². The third-order valence-electron chi connectivity index (χ3n) is 6.63. The van der Waals surface area contributed by atoms with Crippen molar-refractivity contribution < 1.29 is 34.0 Å². The summed E-state index contributed by atoms with van der Waals surface area (Å²) in [5, 5.41) is 22.0. The molecule has 2 heterocycles. The Morgan fingerprint density at radius 2 is 1.85 bits per heavy atom. The minimum atomic E-state index is -1.04. The number of phenolic OH excluding ortho intramolecular Hbond substituents is 1. The van der Waals surface area contributed by atoms with Crippen LogP contribution in [-0.4, -0.2) is 47.7 Å². The fourth-order valence-electron chi connectivity index (χ4n) is 4.56. The standard InChI is InChI=1S/C30H28N2O7S/c1-4-5-13-39-20-8-6-7-18(14-20)27(34)25-26(17-9-12-22(33)23(15-17)38-3)32(29(36)28(25)35)30-31-21-11-10-19(37-2)16-24(21)40-30/h6-12,14-16,26,33-34H,4-5,13H2,1-3H3. The minimum Gasteiger partial charge on any atom is -0.507 e. The van der Waals surface area contributed by atoms with Crippen LogP contribution in [0.3, 0.4) is 0 Å². The summed E-state index contributed by atoms with van der Waals surface area (Å²) in [6.45, 7) is 2.58. The summed E-state index contributed by atoms with van der Waals surface area (Å²) in [5.74, 6) is -0.818. The predicted molar refractivity (Wildman–Crippen MR) is 152 cm³/mol. The molecule has 1 aliphatic rings. The number of aliphatic hydroxyl groups excluding tert-OH is 1. The highest BCUT2D eigenvalue weighted by Crippen LogP contribution is 2.46. The number of anilines is 1. The van der Waals surface area contributed by atoms with E-state index in [-0.39, 0.29) is 28.0 Å². The maximum Gasteiger partial charge on any atom is 0.301 e. The van der Waals surface area contributed by atoms with Crippen molar-refractivity contribution in [2.45, 2.75) is 25.8 Å². The summed E-state index contributed by atoms with van der Waals surface area (Å²) >= 11 is 1.22. The number of aromatic hydroxyl groups is 1. The van der Waals surface area contributed by atoms with E-state index in [4.69, 9.17) is 14.2 Å². The van der Waals surface area contributed by atoms with Crippen LogP contribution in [-0.2, 0) is 9.59 Å². The lowest BCUT2D eigenvalue weighted by Gasteiger charge is -2.23. The fourth-order valence-corrected chi connectivity index (χ4v) is 5.58. The van der Waals surface area contributed by atoms with E-state index in [0.717, 1.165) is 17.5 Å². The van der Waals surface area contributed by atoms with Crippen molar-refractivity contribution in [2.75, 3.05) is 25.7 Å². The van der Waals surface area contributed by atoms with Gasteiger partial charge in [-0.05, 0) is 54.4 Å². The molecule has 0 aliphatic carbocycles. The lowest BCUT2D eigenvalue weighted by atomic mass is 9.95. The average molecular weight is 561 g/mol. The lowest BCUT2D eigenvalue weighted by molar-refractivity contribution is -0.132. The zero-order chi connectivity index (χ0) is 28.4. The molecule has 1 fully saturated rings. The molecule has 40 heavy (non-hydrogen) atoms. The van der Waals surface area contributed by atoms with Gasteiger partial charge in [0.25, 0.3) is 5.78 Å². The highest BCUT2D eigenvalue weighted by atomic mass is 32.1. The van der Waals surface area contributed by atoms with Gasteiger partial charge in [0.15, 0.2) is 16.6 Å². The number of fused-ring (bicyclic) bond motifs is 1. The summed E-state index contributed by atoms with van der Waals surface area (Å²) < 4.78 is 17.2. The molecule has 3 aromatic carbocycles. The Morgan fingerprint density at radius 3 is 2.60 bits per heavy atom. The molecule has 5 rings (SSSR count). The first kappa shape index (κ1) is 27.0. The van der Waals surface area contributed by atoms with Crippen LogP contribution in [0.1, 0.15) is 36.9 Å². The van der Waals surface area contributed by atoms with Crippen LogP contribution >= 0.6 is 11.3 Å². The summed E-state index contributed by atoms with van der Waals surface area (Å²) in [6, 6.07) is 15.6. The number of aromatic nitrogens is 1. The number of methoxy groups -OCH3 is 2. The number of Topliss-reactive ketones (excluding diaryl/α,β-unsaturated/α-hetero) is 1. The van der Waals surface area contributed by atoms with E-state index in [9.17, 15) is 19.8 Å². The van der Waals surface area contributed by atoms with E-state index in [1.54, 1.807) is 55.6 Å². The number of phenols is 1. The van der Waals surface area contributed by atoms with E-state index in [0.29, 0.717) is 34.7 Å². The Morgan fingerprint density at radius 1 is 1.02 bits per heavy atom. The van der Waals surface area contributed by atoms with E-state index in [1.807, 2.05) is 0 Å². The fraction of sp³-hybridized carbons (Fsp3) is 0.233. The second-order valence-corrected chi connectivity index (χ2v) is 10.2. The van der Waals surface area contributed by atoms with Crippen LogP contribution in [0.5, 0.6) is 23.0 Å². The van der Waals surface area contributed by atoms with E-state index in [2.05, 4.69) is 11.9 Å². The molecule has 1 unspecified atom stereocenters. The molecule has 0 radical (unpaired) electrons. The normalized spacial score (nSPS) is 16.5. The highest BCUT2D eigenvalue weighted by molar-refractivity contribution is 7.22. The molecule has 1 aliphatic heterocycles. The van der Waals surface area contributed by atoms with Gasteiger partial charge < -0.3 is 24.4 Å². The lowest BCUT2D eigenvalue weighted by Crippen LogP contribution is -2.29. The molecule has 206 valence electrons. The summed E-state index contributed by atoms with van der Waals surface area (Å²) in [7, 11) is 2.96. The van der Waals surface area contributed by atoms with Gasteiger partial charge in [-0.1, -0.05) is 42.9 Å². The molecule has 9 nitrogen and oxygen atoms in total. The monoisotopic (exact) mass is 560 g/mol. The van der Waals surface area contributed by atoms with Crippen molar-refractivity contribution in [3.05, 3.63) is 77.4 Å². The van der Waals surface area contributed by atoms with Gasteiger partial charge in [0, 0.05) is 5.56 Å². The van der Waals surface area contributed by atoms with Crippen LogP contribution in [0.2, 0.25) is 0 Å². The molecule has 0 saturated carbocycles. The first-order chi connectivity index (χ1) is 19.4. The predicted octanol–water partition coefficient (Wildman–Crippen LogP) is 5.82. The van der Waals surface area contributed by atoms with Gasteiger partial charge in [0.2, 0.25) is 0 Å². The Labute approximate surface area is 234 Å². The number of nitrogens with zero attached hydrogens (tertiary/aromatic N) is 2. The molecule has 10 heteroatoms. The Balaban J connectivity index is 1.67. The van der Waals surface area contributed by atoms with Crippen molar-refractivity contribution >= 4 is 44.1 Å². The second-order valence-electron chi connectivity index (χ2n) is 9.16. The number of hydrogen-bond donors (Lipinski definition) is 2. The number of carbonyl (C=O) groups excluding carboxylic acids is 2. The van der Waals surface area contributed by atoms with Crippen LogP contribution in [0.15, 0.2) is 66.2 Å². The van der Waals surface area contributed by atoms with Crippen molar-refractivity contribution in [1.29, 1.82) is 0 Å². The van der Waals surface area contributed by atoms with E-state index < -0.39 is 17.7 Å². The van der Waals surface area contributed by atoms with Gasteiger partial charge in [0.1, 0.15) is 17.3 Å². The molecule has 2 N–H and O–H groups in total. The third kappa shape index (κ3) is 4.93. The smallest absolute Gasteiger partial charge is 0.301 e. The van der Waals surface area contributed by atoms with Gasteiger partial charge >= 0.3 is 5.91 Å². The number of carbonyl (C=O) groups is 2. The third-order valence-corrected chi connectivity index (χ3v) is 7.65. The zero-order valence-electron chi connectivity index (χ0n) is 22.2. The number of aliphatic hydroxyl groups is 1. The van der Waals surface area contributed by atoms with Gasteiger partial charge in [-0.15, -0.1) is 0 Å². The Bertz CT molecular complexity index is 1630. The molecular formula is C30H28N2O7S. The topological polar surface area (TPSA) is 118 Å². The number of benzene rings is 3. The molecular weight excluding hydrogens is 532 g/mol. The highest BCUT2D eigenvalue weighted by Gasteiger charge is 2.48. The van der Waals surface area contributed by atoms with Crippen molar-refractivity contribution in [3.8, 4) is 23.0 Å². The second kappa shape index (κ2) is 11.3. The first-order valence-electron chi connectivity index (χ1n) is 12.7. The van der Waals surface area contributed by atoms with E-state index >= 15 is 0 Å². The number of hydrogen-bond acceptors (Lipinski definition) is 9. The van der Waals surface area contributed by atoms with Gasteiger partial charge in [-0.25, -0.2) is 4.98 Å². The summed E-state index contributed by atoms with van der Waals surface area (Å²) in [6.07, 6.45) is 1.84. The summed E-state index contributed by atoms with van der Waals surface area (Å²) in [5.41, 5.74) is 1.29. The number of unbranched alkanes of at least 4 members (excludes halogenated alkanes) is 1. The van der Waals surface area contributed by atoms with Crippen LogP contribution in [0.4, 0.5) is 5.13 Å². The Kier molecular flexibility index (Phi) is 7.61. The van der Waals surface area contributed by atoms with Gasteiger partial charge in [-0.2, -0.15) is 0 Å². The number of thiazole rings is 1. The largest absolute Gasteiger partial charge is 0.507 e. The maximum absolute atomic E-state index is 13.6. The summed E-state index contributed by atoms with van der Waals surface area (Å²) in [4.78, 5) is 33.0. The molecule has 1 saturated heterocycles. The van der Waals surface area contributed by atoms with Crippen LogP contribution < -0.4 is 19.1 Å². The van der Waals surface area contributed by atoms with Gasteiger partial charge in [0.05, 0.1) is 42.7 Å². The molecule has 4 aromatic rings. The first-order valence-corrected chi connectivity index (χ1v) is 13.5. The molecule has 0 spiro atoms. The average Bonchev–Trinajstić information content (AvgIpc) is 3.50. The quantitative estimate of drug-likeness (QED) is 0.114. The number of ketones is 1. The van der Waals surface area contributed by atoms with Crippen LogP contribution in [0, 0.1) is 0 Å². The maximum atomic E-state index is 13.6. The molecule has 0 bridgehead atoms. The van der Waals surface area contributed by atoms with Crippen molar-refractivity contribution in [2.24, 2.45) is 0 Å².